The molecule has 3 aromatic heterocycles. The van der Waals surface area contributed by atoms with Gasteiger partial charge in [-0.05, 0) is 18.1 Å². The molecule has 0 aliphatic carbocycles. The van der Waals surface area contributed by atoms with E-state index in [9.17, 15) is 0 Å². The van der Waals surface area contributed by atoms with Crippen LogP contribution in [0.4, 0.5) is 0 Å². The topological polar surface area (TPSA) is 69.6 Å². The van der Waals surface area contributed by atoms with Crippen LogP contribution in [0, 0.1) is 6.92 Å². The Hall–Kier alpha value is -3.28. The summed E-state index contributed by atoms with van der Waals surface area (Å²) in [6.07, 6.45) is 4.67. The lowest BCUT2D eigenvalue weighted by Gasteiger charge is -2.09. The third-order valence-corrected chi connectivity index (χ3v) is 4.23. The van der Waals surface area contributed by atoms with E-state index >= 15 is 0 Å². The van der Waals surface area contributed by atoms with Crippen molar-refractivity contribution in [2.45, 2.75) is 26.8 Å². The standard InChI is InChI=1S/C20H19N5O/c1-3-15-9-10-17(21-11-15)20-19(16-7-5-4-6-8-16)22-13-25(20)12-18-24-23-14(2)26-18/h4-11,13H,3,12H2,1-2H3. The third kappa shape index (κ3) is 3.13. The maximum atomic E-state index is 5.54. The molecule has 6 nitrogen and oxygen atoms in total. The van der Waals surface area contributed by atoms with Crippen LogP contribution in [0.15, 0.2) is 59.4 Å². The Morgan fingerprint density at radius 3 is 2.50 bits per heavy atom. The van der Waals surface area contributed by atoms with Gasteiger partial charge in [0.1, 0.15) is 6.54 Å². The lowest BCUT2D eigenvalue weighted by Crippen LogP contribution is -2.02. The second-order valence-corrected chi connectivity index (χ2v) is 6.06. The Bertz CT molecular complexity index is 1000. The van der Waals surface area contributed by atoms with Gasteiger partial charge in [-0.1, -0.05) is 43.3 Å². The molecule has 0 aliphatic rings. The van der Waals surface area contributed by atoms with Gasteiger partial charge in [0.15, 0.2) is 0 Å². The molecule has 0 spiro atoms. The average Bonchev–Trinajstić information content (AvgIpc) is 3.29. The maximum absolute atomic E-state index is 5.54. The molecule has 0 saturated heterocycles. The minimum absolute atomic E-state index is 0.452. The molecule has 6 heteroatoms. The van der Waals surface area contributed by atoms with Crippen molar-refractivity contribution < 1.29 is 4.42 Å². The predicted octanol–water partition coefficient (Wildman–Crippen LogP) is 3.91. The highest BCUT2D eigenvalue weighted by atomic mass is 16.4. The molecule has 0 unspecified atom stereocenters. The van der Waals surface area contributed by atoms with E-state index in [-0.39, 0.29) is 0 Å². The van der Waals surface area contributed by atoms with Gasteiger partial charge in [-0.3, -0.25) is 4.98 Å². The Balaban J connectivity index is 1.82. The van der Waals surface area contributed by atoms with Gasteiger partial charge in [-0.15, -0.1) is 10.2 Å². The van der Waals surface area contributed by atoms with Crippen LogP contribution in [0.3, 0.4) is 0 Å². The van der Waals surface area contributed by atoms with Gasteiger partial charge in [-0.25, -0.2) is 4.98 Å². The van der Waals surface area contributed by atoms with Crippen molar-refractivity contribution in [3.8, 4) is 22.6 Å². The number of hydrogen-bond acceptors (Lipinski definition) is 5. The summed E-state index contributed by atoms with van der Waals surface area (Å²) in [4.78, 5) is 9.30. The van der Waals surface area contributed by atoms with Crippen molar-refractivity contribution in [2.24, 2.45) is 0 Å². The van der Waals surface area contributed by atoms with Crippen LogP contribution in [-0.2, 0) is 13.0 Å². The van der Waals surface area contributed by atoms with Crippen molar-refractivity contribution in [3.05, 3.63) is 72.3 Å². The summed E-state index contributed by atoms with van der Waals surface area (Å²) in [5, 5.41) is 8.01. The maximum Gasteiger partial charge on any atom is 0.236 e. The molecule has 0 atom stereocenters. The van der Waals surface area contributed by atoms with Crippen LogP contribution < -0.4 is 0 Å². The first kappa shape index (κ1) is 16.2. The highest BCUT2D eigenvalue weighted by molar-refractivity contribution is 5.76. The molecule has 0 saturated carbocycles. The summed E-state index contributed by atoms with van der Waals surface area (Å²) in [7, 11) is 0. The summed E-state index contributed by atoms with van der Waals surface area (Å²) >= 11 is 0. The van der Waals surface area contributed by atoms with E-state index in [1.54, 1.807) is 13.3 Å². The summed E-state index contributed by atoms with van der Waals surface area (Å²) in [5.74, 6) is 1.10. The van der Waals surface area contributed by atoms with Crippen LogP contribution in [0.25, 0.3) is 22.6 Å². The minimum Gasteiger partial charge on any atom is -0.424 e. The summed E-state index contributed by atoms with van der Waals surface area (Å²) in [6.45, 7) is 4.35. The lowest BCUT2D eigenvalue weighted by atomic mass is 10.1. The van der Waals surface area contributed by atoms with Gasteiger partial charge in [0.05, 0.1) is 23.4 Å². The molecule has 0 amide bonds. The molecular formula is C20H19N5O. The van der Waals surface area contributed by atoms with Crippen LogP contribution in [0.5, 0.6) is 0 Å². The zero-order chi connectivity index (χ0) is 17.9. The fourth-order valence-corrected chi connectivity index (χ4v) is 2.90. The number of hydrogen-bond donors (Lipinski definition) is 0. The quantitative estimate of drug-likeness (QED) is 0.548. The Labute approximate surface area is 151 Å². The van der Waals surface area contributed by atoms with Crippen molar-refractivity contribution in [3.63, 3.8) is 0 Å². The fourth-order valence-electron chi connectivity index (χ4n) is 2.90. The Morgan fingerprint density at radius 1 is 1.00 bits per heavy atom. The predicted molar refractivity (Wildman–Crippen MR) is 98.4 cm³/mol. The smallest absolute Gasteiger partial charge is 0.236 e. The largest absolute Gasteiger partial charge is 0.424 e. The lowest BCUT2D eigenvalue weighted by molar-refractivity contribution is 0.455. The second-order valence-electron chi connectivity index (χ2n) is 6.06. The normalized spacial score (nSPS) is 11.0. The van der Waals surface area contributed by atoms with Gasteiger partial charge >= 0.3 is 0 Å². The molecule has 0 aliphatic heterocycles. The molecule has 4 rings (SSSR count). The number of aryl methyl sites for hydroxylation is 2. The molecule has 26 heavy (non-hydrogen) atoms. The number of imidazole rings is 1. The van der Waals surface area contributed by atoms with Crippen LogP contribution >= 0.6 is 0 Å². The van der Waals surface area contributed by atoms with Gasteiger partial charge in [0.2, 0.25) is 11.8 Å². The Kier molecular flexibility index (Phi) is 4.31. The van der Waals surface area contributed by atoms with E-state index in [2.05, 4.69) is 33.2 Å². The van der Waals surface area contributed by atoms with E-state index in [1.807, 2.05) is 47.2 Å². The van der Waals surface area contributed by atoms with Crippen molar-refractivity contribution in [1.82, 2.24) is 24.7 Å². The molecule has 3 heterocycles. The number of pyridine rings is 1. The Morgan fingerprint density at radius 2 is 1.85 bits per heavy atom. The highest BCUT2D eigenvalue weighted by Crippen LogP contribution is 2.30. The first-order valence-electron chi connectivity index (χ1n) is 8.59. The number of nitrogens with zero attached hydrogens (tertiary/aromatic N) is 5. The van der Waals surface area contributed by atoms with Crippen molar-refractivity contribution >= 4 is 0 Å². The van der Waals surface area contributed by atoms with Gasteiger partial charge in [0, 0.05) is 18.7 Å². The van der Waals surface area contributed by atoms with Gasteiger partial charge in [-0.2, -0.15) is 0 Å². The number of aromatic nitrogens is 5. The number of benzene rings is 1. The van der Waals surface area contributed by atoms with Crippen molar-refractivity contribution in [1.29, 1.82) is 0 Å². The van der Waals surface area contributed by atoms with Crippen LogP contribution in [0.1, 0.15) is 24.3 Å². The molecule has 0 N–H and O–H groups in total. The molecule has 0 radical (unpaired) electrons. The summed E-state index contributed by atoms with van der Waals surface area (Å²) < 4.78 is 7.54. The number of rotatable bonds is 5. The van der Waals surface area contributed by atoms with E-state index in [1.165, 1.54) is 5.56 Å². The molecule has 1 aromatic carbocycles. The first-order chi connectivity index (χ1) is 12.7. The van der Waals surface area contributed by atoms with E-state index in [0.29, 0.717) is 18.3 Å². The van der Waals surface area contributed by atoms with E-state index in [4.69, 9.17) is 4.42 Å². The third-order valence-electron chi connectivity index (χ3n) is 4.23. The van der Waals surface area contributed by atoms with Gasteiger partial charge in [0.25, 0.3) is 0 Å². The molecule has 4 aromatic rings. The fraction of sp³-hybridized carbons (Fsp3) is 0.200. The van der Waals surface area contributed by atoms with Crippen molar-refractivity contribution in [2.75, 3.05) is 0 Å². The molecular weight excluding hydrogens is 326 g/mol. The summed E-state index contributed by atoms with van der Waals surface area (Å²) in [5.41, 5.74) is 4.95. The monoisotopic (exact) mass is 345 g/mol. The molecule has 130 valence electrons. The van der Waals surface area contributed by atoms with Crippen LogP contribution in [0.2, 0.25) is 0 Å². The van der Waals surface area contributed by atoms with Gasteiger partial charge < -0.3 is 8.98 Å². The van der Waals surface area contributed by atoms with Crippen LogP contribution in [-0.4, -0.2) is 24.7 Å². The second kappa shape index (κ2) is 6.92. The highest BCUT2D eigenvalue weighted by Gasteiger charge is 2.17. The zero-order valence-electron chi connectivity index (χ0n) is 14.8. The molecule has 0 fully saturated rings. The summed E-state index contributed by atoms with van der Waals surface area (Å²) in [6, 6.07) is 14.2. The van der Waals surface area contributed by atoms with E-state index < -0.39 is 0 Å². The minimum atomic E-state index is 0.452. The first-order valence-corrected chi connectivity index (χ1v) is 8.59. The SMILES string of the molecule is CCc1ccc(-c2c(-c3ccccc3)ncn2Cc2nnc(C)o2)nc1. The average molecular weight is 345 g/mol. The molecule has 0 bridgehead atoms. The zero-order valence-corrected chi connectivity index (χ0v) is 14.8. The van der Waals surface area contributed by atoms with E-state index in [0.717, 1.165) is 29.1 Å².